The molecule has 0 aliphatic heterocycles. The molecule has 0 saturated heterocycles. The average molecular weight is 828 g/mol. The first-order valence-corrected chi connectivity index (χ1v) is 16.5. The predicted molar refractivity (Wildman–Crippen MR) is 200 cm³/mol. The topological polar surface area (TPSA) is 51.8 Å². The second-order valence-electron chi connectivity index (χ2n) is 12.7. The molecule has 0 spiro atoms. The normalized spacial score (nSPS) is 10.8. The summed E-state index contributed by atoms with van der Waals surface area (Å²) in [7, 11) is 0. The summed E-state index contributed by atoms with van der Waals surface area (Å²) in [4.78, 5) is 13.7. The van der Waals surface area contributed by atoms with Gasteiger partial charge in [0.15, 0.2) is 0 Å². The molecule has 0 aliphatic rings. The summed E-state index contributed by atoms with van der Waals surface area (Å²) in [5.41, 5.74) is 16.1. The summed E-state index contributed by atoms with van der Waals surface area (Å²) in [5, 5.41) is 2.06. The summed E-state index contributed by atoms with van der Waals surface area (Å²) in [6.45, 7) is 10.4. The Labute approximate surface area is 307 Å². The molecule has 0 fully saturated rings. The van der Waals surface area contributed by atoms with Crippen LogP contribution in [0.3, 0.4) is 0 Å². The first-order chi connectivity index (χ1) is 23.8. The third kappa shape index (κ3) is 7.50. The van der Waals surface area contributed by atoms with Crippen LogP contribution in [-0.4, -0.2) is 15.0 Å². The van der Waals surface area contributed by atoms with Crippen molar-refractivity contribution in [2.45, 2.75) is 41.0 Å². The van der Waals surface area contributed by atoms with E-state index in [9.17, 15) is 0 Å². The van der Waals surface area contributed by atoms with Crippen molar-refractivity contribution in [3.8, 4) is 33.6 Å². The fourth-order valence-electron chi connectivity index (χ4n) is 5.98. The van der Waals surface area contributed by atoms with Gasteiger partial charge in [0.2, 0.25) is 5.71 Å². The predicted octanol–water partition coefficient (Wildman–Crippen LogP) is 11.2. The number of hydrogen-bond donors (Lipinski definition) is 0. The Morgan fingerprint density at radius 3 is 2.24 bits per heavy atom. The van der Waals surface area contributed by atoms with Gasteiger partial charge in [-0.1, -0.05) is 101 Å². The standard InChI is InChI=1S/C25H19N2O.C20H18N.Ir/c1-16-6-9-18(10-7-16)14-19-12-13-26-23(15-19)22-5-3-4-20-21-11-8-17(2)27-25(21)28-24(20)22;1-14-9-10-18(20-11-15(2)16(3)13-21-20)12-19(14)17-7-5-4-6-8-17;/h3-4,6-13,15H,14H2,1-2H3;4-9,11-13H,1-3H3;/q2*-1;. The van der Waals surface area contributed by atoms with E-state index < -0.39 is 0 Å². The van der Waals surface area contributed by atoms with Crippen molar-refractivity contribution in [3.63, 3.8) is 0 Å². The van der Waals surface area contributed by atoms with Gasteiger partial charge in [0, 0.05) is 43.6 Å². The van der Waals surface area contributed by atoms with Gasteiger partial charge in [0.05, 0.1) is 5.58 Å². The van der Waals surface area contributed by atoms with Crippen molar-refractivity contribution in [2.24, 2.45) is 0 Å². The second kappa shape index (κ2) is 15.1. The van der Waals surface area contributed by atoms with Crippen LogP contribution in [-0.2, 0) is 26.5 Å². The molecule has 0 N–H and O–H groups in total. The number of aromatic nitrogens is 3. The molecule has 0 aliphatic carbocycles. The molecule has 4 nitrogen and oxygen atoms in total. The second-order valence-corrected chi connectivity index (χ2v) is 12.7. The van der Waals surface area contributed by atoms with E-state index >= 15 is 0 Å². The van der Waals surface area contributed by atoms with Crippen molar-refractivity contribution < 1.29 is 24.5 Å². The van der Waals surface area contributed by atoms with E-state index in [4.69, 9.17) is 4.42 Å². The molecule has 0 amide bonds. The monoisotopic (exact) mass is 828 g/mol. The SMILES string of the molecule is Cc1ccc(Cc2ccnc(-c3[c-]ccc4c3oc3nc(C)ccc34)c2)cc1.Cc1cnc(-c2[c-]cc(C)c(-c3ccccc3)c2)cc1C.[Ir]. The summed E-state index contributed by atoms with van der Waals surface area (Å²) in [6, 6.07) is 44.3. The Kier molecular flexibility index (Phi) is 10.5. The molecule has 50 heavy (non-hydrogen) atoms. The first kappa shape index (κ1) is 34.6. The van der Waals surface area contributed by atoms with Crippen LogP contribution in [0.4, 0.5) is 0 Å². The summed E-state index contributed by atoms with van der Waals surface area (Å²) in [6.07, 6.45) is 4.66. The molecule has 4 aromatic heterocycles. The van der Waals surface area contributed by atoms with Gasteiger partial charge in [-0.05, 0) is 86.0 Å². The van der Waals surface area contributed by atoms with Gasteiger partial charge in [-0.3, -0.25) is 0 Å². The Balaban J connectivity index is 0.000000177. The molecule has 8 rings (SSSR count). The van der Waals surface area contributed by atoms with Crippen LogP contribution >= 0.6 is 0 Å². The maximum atomic E-state index is 6.11. The molecule has 4 heterocycles. The van der Waals surface area contributed by atoms with Crippen LogP contribution in [0.2, 0.25) is 0 Å². The zero-order valence-corrected chi connectivity index (χ0v) is 31.2. The van der Waals surface area contributed by atoms with E-state index in [1.54, 1.807) is 0 Å². The summed E-state index contributed by atoms with van der Waals surface area (Å²) >= 11 is 0. The minimum absolute atomic E-state index is 0. The molecular formula is C45H37IrN3O-2. The van der Waals surface area contributed by atoms with Gasteiger partial charge in [-0.2, -0.15) is 0 Å². The number of hydrogen-bond acceptors (Lipinski definition) is 4. The van der Waals surface area contributed by atoms with Crippen molar-refractivity contribution in [1.29, 1.82) is 0 Å². The minimum Gasteiger partial charge on any atom is -0.486 e. The number of rotatable bonds is 5. The van der Waals surface area contributed by atoms with Gasteiger partial charge in [0.1, 0.15) is 0 Å². The molecule has 0 atom stereocenters. The van der Waals surface area contributed by atoms with Crippen LogP contribution in [0.1, 0.15) is 39.1 Å². The molecule has 4 aromatic carbocycles. The molecular weight excluding hydrogens is 791 g/mol. The fraction of sp³-hybridized carbons (Fsp3) is 0.133. The molecule has 1 radical (unpaired) electrons. The summed E-state index contributed by atoms with van der Waals surface area (Å²) in [5.74, 6) is 0. The van der Waals surface area contributed by atoms with Crippen LogP contribution in [0.25, 0.3) is 55.7 Å². The van der Waals surface area contributed by atoms with Crippen LogP contribution < -0.4 is 0 Å². The van der Waals surface area contributed by atoms with Crippen LogP contribution in [0.5, 0.6) is 0 Å². The zero-order chi connectivity index (χ0) is 33.9. The Bertz CT molecular complexity index is 2410. The van der Waals surface area contributed by atoms with E-state index in [0.717, 1.165) is 51.0 Å². The van der Waals surface area contributed by atoms with E-state index in [-0.39, 0.29) is 20.1 Å². The average Bonchev–Trinajstić information content (AvgIpc) is 3.49. The Morgan fingerprint density at radius 1 is 0.660 bits per heavy atom. The van der Waals surface area contributed by atoms with Crippen LogP contribution in [0.15, 0.2) is 126 Å². The van der Waals surface area contributed by atoms with E-state index in [2.05, 4.69) is 140 Å². The third-order valence-corrected chi connectivity index (χ3v) is 8.94. The summed E-state index contributed by atoms with van der Waals surface area (Å²) < 4.78 is 6.11. The van der Waals surface area contributed by atoms with Crippen LogP contribution in [0, 0.1) is 46.8 Å². The first-order valence-electron chi connectivity index (χ1n) is 16.5. The minimum atomic E-state index is 0. The number of fused-ring (bicyclic) bond motifs is 3. The van der Waals surface area contributed by atoms with Gasteiger partial charge in [0.25, 0.3) is 0 Å². The Morgan fingerprint density at radius 2 is 1.46 bits per heavy atom. The smallest absolute Gasteiger partial charge is 0.216 e. The van der Waals surface area contributed by atoms with Gasteiger partial charge < -0.3 is 14.4 Å². The van der Waals surface area contributed by atoms with E-state index in [1.165, 1.54) is 44.5 Å². The maximum Gasteiger partial charge on any atom is 0.216 e. The number of pyridine rings is 3. The van der Waals surface area contributed by atoms with Gasteiger partial charge >= 0.3 is 0 Å². The number of nitrogens with zero attached hydrogens (tertiary/aromatic N) is 3. The number of furan rings is 1. The van der Waals surface area contributed by atoms with E-state index in [1.807, 2.05) is 43.6 Å². The maximum absolute atomic E-state index is 6.11. The molecule has 0 bridgehead atoms. The molecule has 249 valence electrons. The quantitative estimate of drug-likeness (QED) is 0.162. The van der Waals surface area contributed by atoms with Crippen molar-refractivity contribution >= 4 is 22.1 Å². The number of benzene rings is 4. The molecule has 0 saturated carbocycles. The third-order valence-electron chi connectivity index (χ3n) is 8.94. The van der Waals surface area contributed by atoms with Crippen molar-refractivity contribution in [1.82, 2.24) is 15.0 Å². The molecule has 0 unspecified atom stereocenters. The zero-order valence-electron chi connectivity index (χ0n) is 28.8. The Hall–Kier alpha value is -5.22. The van der Waals surface area contributed by atoms with Gasteiger partial charge in [-0.15, -0.1) is 47.5 Å². The van der Waals surface area contributed by atoms with Crippen molar-refractivity contribution in [3.05, 3.63) is 173 Å². The van der Waals surface area contributed by atoms with E-state index in [0.29, 0.717) is 5.71 Å². The fourth-order valence-corrected chi connectivity index (χ4v) is 5.98. The van der Waals surface area contributed by atoms with Crippen molar-refractivity contribution in [2.75, 3.05) is 0 Å². The largest absolute Gasteiger partial charge is 0.486 e. The molecule has 5 heteroatoms. The number of aryl methyl sites for hydroxylation is 5. The van der Waals surface area contributed by atoms with Gasteiger partial charge in [-0.25, -0.2) is 4.98 Å². The molecule has 8 aromatic rings.